The van der Waals surface area contributed by atoms with E-state index in [1.54, 1.807) is 0 Å². The van der Waals surface area contributed by atoms with Gasteiger partial charge in [-0.05, 0) is 37.5 Å². The second-order valence-corrected chi connectivity index (χ2v) is 8.34. The molecule has 24 heavy (non-hydrogen) atoms. The third-order valence-electron chi connectivity index (χ3n) is 5.02. The maximum atomic E-state index is 8.72. The summed E-state index contributed by atoms with van der Waals surface area (Å²) >= 11 is 0. The van der Waals surface area contributed by atoms with Crippen molar-refractivity contribution >= 4 is 0 Å². The van der Waals surface area contributed by atoms with Gasteiger partial charge in [0.2, 0.25) is 0 Å². The Morgan fingerprint density at radius 3 is 1.96 bits per heavy atom. The maximum Gasteiger partial charge on any atom is 0.0556 e. The van der Waals surface area contributed by atoms with Crippen LogP contribution < -0.4 is 5.32 Å². The van der Waals surface area contributed by atoms with Crippen molar-refractivity contribution in [2.24, 2.45) is 17.8 Å². The van der Waals surface area contributed by atoms with Gasteiger partial charge in [0.25, 0.3) is 0 Å². The molecule has 0 saturated heterocycles. The zero-order valence-corrected chi connectivity index (χ0v) is 17.2. The Morgan fingerprint density at radius 2 is 1.42 bits per heavy atom. The van der Waals surface area contributed by atoms with E-state index in [1.807, 2.05) is 0 Å². The number of nitrogens with one attached hydrogen (secondary N) is 1. The Balaban J connectivity index is 3.56. The lowest BCUT2D eigenvalue weighted by Crippen LogP contribution is -2.18. The molecule has 0 bridgehead atoms. The fourth-order valence-electron chi connectivity index (χ4n) is 3.24. The molecule has 0 aliphatic rings. The minimum Gasteiger partial charge on any atom is -0.395 e. The molecule has 2 N–H and O–H groups in total. The number of aliphatic hydroxyl groups is 1. The molecule has 2 nitrogen and oxygen atoms in total. The van der Waals surface area contributed by atoms with E-state index in [9.17, 15) is 0 Å². The summed E-state index contributed by atoms with van der Waals surface area (Å²) in [6.07, 6.45) is 14.6. The summed E-state index contributed by atoms with van der Waals surface area (Å²) in [6, 6.07) is 0. The van der Waals surface area contributed by atoms with Gasteiger partial charge < -0.3 is 10.4 Å². The summed E-state index contributed by atoms with van der Waals surface area (Å²) in [7, 11) is 0. The first kappa shape index (κ1) is 23.7. The molecule has 0 aromatic rings. The van der Waals surface area contributed by atoms with E-state index in [-0.39, 0.29) is 6.61 Å². The first-order chi connectivity index (χ1) is 11.5. The number of allylic oxidation sites excluding steroid dienone is 1. The van der Waals surface area contributed by atoms with E-state index in [1.165, 1.54) is 63.4 Å². The van der Waals surface area contributed by atoms with Crippen LogP contribution in [0.5, 0.6) is 0 Å². The van der Waals surface area contributed by atoms with Gasteiger partial charge in [-0.1, -0.05) is 84.3 Å². The van der Waals surface area contributed by atoms with Crippen molar-refractivity contribution in [1.29, 1.82) is 0 Å². The molecule has 0 heterocycles. The molecule has 0 radical (unpaired) electrons. The first-order valence-corrected chi connectivity index (χ1v) is 10.4. The third-order valence-corrected chi connectivity index (χ3v) is 5.02. The van der Waals surface area contributed by atoms with Crippen LogP contribution >= 0.6 is 0 Å². The van der Waals surface area contributed by atoms with Gasteiger partial charge >= 0.3 is 0 Å². The van der Waals surface area contributed by atoms with Crippen molar-refractivity contribution in [3.05, 3.63) is 11.6 Å². The normalized spacial score (nSPS) is 15.0. The molecule has 0 aromatic heterocycles. The predicted octanol–water partition coefficient (Wildman–Crippen LogP) is 5.95. The van der Waals surface area contributed by atoms with E-state index >= 15 is 0 Å². The lowest BCUT2D eigenvalue weighted by atomic mass is 9.91. The van der Waals surface area contributed by atoms with Gasteiger partial charge in [0.15, 0.2) is 0 Å². The molecular weight excluding hydrogens is 294 g/mol. The number of hydrogen-bond donors (Lipinski definition) is 2. The lowest BCUT2D eigenvalue weighted by molar-refractivity contribution is 0.294. The van der Waals surface area contributed by atoms with Crippen LogP contribution in [0.4, 0.5) is 0 Å². The lowest BCUT2D eigenvalue weighted by Gasteiger charge is -2.15. The average Bonchev–Trinajstić information content (AvgIpc) is 2.51. The van der Waals surface area contributed by atoms with E-state index in [0.717, 1.165) is 24.3 Å². The van der Waals surface area contributed by atoms with Crippen LogP contribution in [0, 0.1) is 17.8 Å². The van der Waals surface area contributed by atoms with E-state index < -0.39 is 0 Å². The summed E-state index contributed by atoms with van der Waals surface area (Å²) in [6.45, 7) is 13.5. The van der Waals surface area contributed by atoms with Crippen LogP contribution in [0.25, 0.3) is 0 Å². The zero-order valence-electron chi connectivity index (χ0n) is 17.2. The minimum atomic E-state index is 0.223. The molecule has 2 unspecified atom stereocenters. The fraction of sp³-hybridized carbons (Fsp3) is 0.909. The number of rotatable bonds is 16. The highest BCUT2D eigenvalue weighted by atomic mass is 16.3. The van der Waals surface area contributed by atoms with Gasteiger partial charge in [-0.15, -0.1) is 0 Å². The van der Waals surface area contributed by atoms with Crippen LogP contribution in [0.15, 0.2) is 11.6 Å². The third kappa shape index (κ3) is 16.5. The highest BCUT2D eigenvalue weighted by Crippen LogP contribution is 2.21. The Hall–Kier alpha value is -0.340. The van der Waals surface area contributed by atoms with Crippen LogP contribution in [0.3, 0.4) is 0 Å². The van der Waals surface area contributed by atoms with Crippen molar-refractivity contribution in [3.8, 4) is 0 Å². The van der Waals surface area contributed by atoms with Gasteiger partial charge in [0.05, 0.1) is 6.61 Å². The Kier molecular flexibility index (Phi) is 15.9. The van der Waals surface area contributed by atoms with Gasteiger partial charge in [-0.25, -0.2) is 0 Å². The summed E-state index contributed by atoms with van der Waals surface area (Å²) in [5.41, 5.74) is 1.48. The molecule has 2 atom stereocenters. The molecule has 0 aliphatic carbocycles. The summed E-state index contributed by atoms with van der Waals surface area (Å²) in [4.78, 5) is 0. The molecule has 0 fully saturated rings. The standard InChI is InChI=1S/C22H45NO/c1-19(2)9-6-10-20(3)11-7-12-21(4)13-8-14-22(5)15-16-23-17-18-24/h15,19-21,23-24H,6-14,16-18H2,1-5H3/b22-15+. The van der Waals surface area contributed by atoms with Crippen LogP contribution in [-0.4, -0.2) is 24.8 Å². The molecule has 0 aliphatic heterocycles. The molecule has 2 heteroatoms. The van der Waals surface area contributed by atoms with Crippen molar-refractivity contribution in [2.45, 2.75) is 92.4 Å². The fourth-order valence-corrected chi connectivity index (χ4v) is 3.24. The highest BCUT2D eigenvalue weighted by molar-refractivity contribution is 4.98. The number of hydrogen-bond acceptors (Lipinski definition) is 2. The van der Waals surface area contributed by atoms with Gasteiger partial charge in [0.1, 0.15) is 0 Å². The summed E-state index contributed by atoms with van der Waals surface area (Å²) in [5, 5.41) is 11.9. The van der Waals surface area contributed by atoms with Gasteiger partial charge in [-0.2, -0.15) is 0 Å². The number of aliphatic hydroxyl groups excluding tert-OH is 1. The minimum absolute atomic E-state index is 0.223. The monoisotopic (exact) mass is 339 g/mol. The molecule has 0 aromatic carbocycles. The van der Waals surface area contributed by atoms with Crippen LogP contribution in [-0.2, 0) is 0 Å². The van der Waals surface area contributed by atoms with Gasteiger partial charge in [0, 0.05) is 13.1 Å². The van der Waals surface area contributed by atoms with E-state index in [2.05, 4.69) is 46.0 Å². The van der Waals surface area contributed by atoms with Gasteiger partial charge in [-0.3, -0.25) is 0 Å². The second-order valence-electron chi connectivity index (χ2n) is 8.34. The molecule has 0 spiro atoms. The largest absolute Gasteiger partial charge is 0.395 e. The van der Waals surface area contributed by atoms with Crippen molar-refractivity contribution < 1.29 is 5.11 Å². The topological polar surface area (TPSA) is 32.3 Å². The Labute approximate surface area is 152 Å². The van der Waals surface area contributed by atoms with E-state index in [0.29, 0.717) is 6.54 Å². The first-order valence-electron chi connectivity index (χ1n) is 10.4. The van der Waals surface area contributed by atoms with Crippen molar-refractivity contribution in [1.82, 2.24) is 5.32 Å². The molecule has 0 amide bonds. The second kappa shape index (κ2) is 16.1. The van der Waals surface area contributed by atoms with E-state index in [4.69, 9.17) is 5.11 Å². The Bertz CT molecular complexity index is 298. The smallest absolute Gasteiger partial charge is 0.0556 e. The summed E-state index contributed by atoms with van der Waals surface area (Å²) in [5.74, 6) is 2.64. The maximum absolute atomic E-state index is 8.72. The molecule has 0 rings (SSSR count). The SMILES string of the molecule is C/C(=C\CNCCO)CCCC(C)CCCC(C)CCCC(C)C. The van der Waals surface area contributed by atoms with Crippen LogP contribution in [0.2, 0.25) is 0 Å². The molecule has 144 valence electrons. The highest BCUT2D eigenvalue weighted by Gasteiger charge is 2.06. The van der Waals surface area contributed by atoms with Crippen molar-refractivity contribution in [3.63, 3.8) is 0 Å². The molecule has 0 saturated carbocycles. The summed E-state index contributed by atoms with van der Waals surface area (Å²) < 4.78 is 0. The zero-order chi connectivity index (χ0) is 18.2. The molecular formula is C22H45NO. The Morgan fingerprint density at radius 1 is 0.875 bits per heavy atom. The van der Waals surface area contributed by atoms with Crippen molar-refractivity contribution in [2.75, 3.05) is 19.7 Å². The predicted molar refractivity (Wildman–Crippen MR) is 108 cm³/mol. The van der Waals surface area contributed by atoms with Crippen LogP contribution in [0.1, 0.15) is 92.4 Å². The average molecular weight is 340 g/mol. The quantitative estimate of drug-likeness (QED) is 0.269.